The van der Waals surface area contributed by atoms with Gasteiger partial charge in [-0.25, -0.2) is 14.5 Å². The molecule has 0 fully saturated rings. The average molecular weight is 315 g/mol. The van der Waals surface area contributed by atoms with Crippen LogP contribution in [-0.4, -0.2) is 31.5 Å². The normalized spacial score (nSPS) is 13.2. The summed E-state index contributed by atoms with van der Waals surface area (Å²) in [6.45, 7) is 9.11. The summed E-state index contributed by atoms with van der Waals surface area (Å²) in [4.78, 5) is 11.5. The van der Waals surface area contributed by atoms with E-state index in [0.29, 0.717) is 0 Å². The lowest BCUT2D eigenvalue weighted by Gasteiger charge is -2.22. The minimum absolute atomic E-state index is 0.277. The Morgan fingerprint density at radius 2 is 2.00 bits per heavy atom. The predicted octanol–water partition coefficient (Wildman–Crippen LogP) is 3.30. The zero-order valence-corrected chi connectivity index (χ0v) is 14.5. The molecule has 0 aliphatic carbocycles. The third-order valence-corrected chi connectivity index (χ3v) is 5.06. The Morgan fingerprint density at radius 3 is 2.68 bits per heavy atom. The zero-order chi connectivity index (χ0) is 15.9. The lowest BCUT2D eigenvalue weighted by molar-refractivity contribution is 0.253. The second kappa shape index (κ2) is 5.78. The van der Waals surface area contributed by atoms with Crippen LogP contribution in [0.25, 0.3) is 5.65 Å². The van der Waals surface area contributed by atoms with Crippen molar-refractivity contribution in [2.45, 2.75) is 40.3 Å². The smallest absolute Gasteiger partial charge is 0.159 e. The molecule has 0 aromatic carbocycles. The van der Waals surface area contributed by atoms with Crippen molar-refractivity contribution >= 4 is 17.0 Å². The van der Waals surface area contributed by atoms with Crippen molar-refractivity contribution in [2.24, 2.45) is 0 Å². The highest BCUT2D eigenvalue weighted by atomic mass is 32.1. The maximum absolute atomic E-state index is 4.65. The van der Waals surface area contributed by atoms with Gasteiger partial charge in [-0.3, -0.25) is 4.90 Å². The Morgan fingerprint density at radius 1 is 1.23 bits per heavy atom. The second-order valence-electron chi connectivity index (χ2n) is 5.86. The molecule has 0 bridgehead atoms. The summed E-state index contributed by atoms with van der Waals surface area (Å²) in [5, 5.41) is 7.71. The number of aryl methyl sites for hydroxylation is 3. The number of nitrogens with zero attached hydrogens (tertiary/aromatic N) is 5. The van der Waals surface area contributed by atoms with Crippen LogP contribution in [0.2, 0.25) is 0 Å². The van der Waals surface area contributed by atoms with Crippen LogP contribution in [0.1, 0.15) is 40.6 Å². The summed E-state index contributed by atoms with van der Waals surface area (Å²) >= 11 is 1.72. The molecule has 3 rings (SSSR count). The van der Waals surface area contributed by atoms with E-state index in [1.165, 1.54) is 0 Å². The van der Waals surface area contributed by atoms with Gasteiger partial charge in [0, 0.05) is 34.6 Å². The number of thiazole rings is 1. The van der Waals surface area contributed by atoms with Gasteiger partial charge in [0.05, 0.1) is 12.2 Å². The molecule has 3 heterocycles. The summed E-state index contributed by atoms with van der Waals surface area (Å²) in [6, 6.07) is 2.33. The van der Waals surface area contributed by atoms with Gasteiger partial charge in [0.1, 0.15) is 5.01 Å². The molecule has 0 aliphatic heterocycles. The first kappa shape index (κ1) is 15.1. The molecule has 0 aliphatic rings. The molecule has 5 nitrogen and oxygen atoms in total. The number of hydrogen-bond acceptors (Lipinski definition) is 5. The van der Waals surface area contributed by atoms with Gasteiger partial charge in [-0.05, 0) is 40.8 Å². The van der Waals surface area contributed by atoms with Crippen molar-refractivity contribution in [3.05, 3.63) is 45.3 Å². The van der Waals surface area contributed by atoms with E-state index in [2.05, 4.69) is 52.3 Å². The van der Waals surface area contributed by atoms with E-state index in [9.17, 15) is 0 Å². The lowest BCUT2D eigenvalue weighted by atomic mass is 10.2. The average Bonchev–Trinajstić information content (AvgIpc) is 3.05. The second-order valence-corrected chi connectivity index (χ2v) is 6.75. The lowest BCUT2D eigenvalue weighted by Crippen LogP contribution is -2.22. The molecule has 1 atom stereocenters. The maximum atomic E-state index is 4.65. The topological polar surface area (TPSA) is 46.3 Å². The van der Waals surface area contributed by atoms with Crippen molar-refractivity contribution in [3.63, 3.8) is 0 Å². The molecule has 0 saturated heterocycles. The summed E-state index contributed by atoms with van der Waals surface area (Å²) in [5.41, 5.74) is 5.32. The van der Waals surface area contributed by atoms with Crippen LogP contribution in [0.15, 0.2) is 17.6 Å². The zero-order valence-electron chi connectivity index (χ0n) is 13.7. The van der Waals surface area contributed by atoms with Crippen LogP contribution < -0.4 is 0 Å². The monoisotopic (exact) mass is 315 g/mol. The Labute approximate surface area is 134 Å². The Hall–Kier alpha value is -1.79. The molecule has 116 valence electrons. The van der Waals surface area contributed by atoms with Gasteiger partial charge in [0.2, 0.25) is 0 Å². The minimum Gasteiger partial charge on any atom is -0.293 e. The highest BCUT2D eigenvalue weighted by molar-refractivity contribution is 7.09. The van der Waals surface area contributed by atoms with Crippen LogP contribution in [0.5, 0.6) is 0 Å². The van der Waals surface area contributed by atoms with Crippen LogP contribution in [-0.2, 0) is 6.54 Å². The predicted molar refractivity (Wildman–Crippen MR) is 89.2 cm³/mol. The molecule has 6 heteroatoms. The van der Waals surface area contributed by atoms with Crippen LogP contribution >= 0.6 is 11.3 Å². The molecule has 22 heavy (non-hydrogen) atoms. The quantitative estimate of drug-likeness (QED) is 0.741. The fraction of sp³-hybridized carbons (Fsp3) is 0.438. The largest absolute Gasteiger partial charge is 0.293 e. The van der Waals surface area contributed by atoms with E-state index in [1.807, 2.05) is 24.6 Å². The van der Waals surface area contributed by atoms with Crippen molar-refractivity contribution < 1.29 is 0 Å². The molecule has 3 aromatic rings. The fourth-order valence-corrected chi connectivity index (χ4v) is 3.50. The molecule has 0 spiro atoms. The van der Waals surface area contributed by atoms with Gasteiger partial charge >= 0.3 is 0 Å². The Bertz CT molecular complexity index is 804. The third kappa shape index (κ3) is 2.76. The highest BCUT2D eigenvalue weighted by Gasteiger charge is 2.17. The Balaban J connectivity index is 1.86. The minimum atomic E-state index is 0.277. The molecule has 0 amide bonds. The van der Waals surface area contributed by atoms with E-state index in [4.69, 9.17) is 0 Å². The van der Waals surface area contributed by atoms with E-state index in [1.54, 1.807) is 11.3 Å². The van der Waals surface area contributed by atoms with Crippen molar-refractivity contribution in [1.82, 2.24) is 24.5 Å². The first-order valence-electron chi connectivity index (χ1n) is 7.39. The van der Waals surface area contributed by atoms with Gasteiger partial charge < -0.3 is 0 Å². The summed E-state index contributed by atoms with van der Waals surface area (Å²) in [5.74, 6) is 0. The molecule has 0 unspecified atom stereocenters. The SMILES string of the molecule is Cc1csc([C@@H](C)N(C)Cc2cnn3c(C)cc(C)nc23)n1. The third-order valence-electron chi connectivity index (χ3n) is 3.93. The van der Waals surface area contributed by atoms with Gasteiger partial charge in [-0.1, -0.05) is 0 Å². The number of hydrogen-bond donors (Lipinski definition) is 0. The van der Waals surface area contributed by atoms with E-state index in [-0.39, 0.29) is 6.04 Å². The van der Waals surface area contributed by atoms with Gasteiger partial charge in [-0.15, -0.1) is 11.3 Å². The van der Waals surface area contributed by atoms with Crippen molar-refractivity contribution in [1.29, 1.82) is 0 Å². The summed E-state index contributed by atoms with van der Waals surface area (Å²) in [6.07, 6.45) is 1.92. The molecule has 0 saturated carbocycles. The number of rotatable bonds is 4. The van der Waals surface area contributed by atoms with Crippen LogP contribution in [0.4, 0.5) is 0 Å². The molecular formula is C16H21N5S. The van der Waals surface area contributed by atoms with Crippen molar-refractivity contribution in [3.8, 4) is 0 Å². The van der Waals surface area contributed by atoms with E-state index in [0.717, 1.165) is 39.8 Å². The van der Waals surface area contributed by atoms with Crippen molar-refractivity contribution in [2.75, 3.05) is 7.05 Å². The summed E-state index contributed by atoms with van der Waals surface area (Å²) < 4.78 is 1.91. The Kier molecular flexibility index (Phi) is 3.97. The first-order valence-corrected chi connectivity index (χ1v) is 8.27. The number of aromatic nitrogens is 4. The maximum Gasteiger partial charge on any atom is 0.159 e. The van der Waals surface area contributed by atoms with Crippen LogP contribution in [0, 0.1) is 20.8 Å². The fourth-order valence-electron chi connectivity index (χ4n) is 2.59. The van der Waals surface area contributed by atoms with Gasteiger partial charge in [0.25, 0.3) is 0 Å². The van der Waals surface area contributed by atoms with E-state index >= 15 is 0 Å². The highest BCUT2D eigenvalue weighted by Crippen LogP contribution is 2.24. The van der Waals surface area contributed by atoms with Gasteiger partial charge in [0.15, 0.2) is 5.65 Å². The molecule has 0 radical (unpaired) electrons. The first-order chi connectivity index (χ1) is 10.5. The standard InChI is InChI=1S/C16H21N5S/c1-10-6-12(3)21-15(18-10)14(7-17-21)8-20(5)13(4)16-19-11(2)9-22-16/h6-7,9,13H,8H2,1-5H3/t13-/m1/s1. The van der Waals surface area contributed by atoms with Gasteiger partial charge in [-0.2, -0.15) is 5.10 Å². The van der Waals surface area contributed by atoms with Crippen LogP contribution in [0.3, 0.4) is 0 Å². The molecule has 3 aromatic heterocycles. The van der Waals surface area contributed by atoms with E-state index < -0.39 is 0 Å². The number of fused-ring (bicyclic) bond motifs is 1. The molecular weight excluding hydrogens is 294 g/mol. The summed E-state index contributed by atoms with van der Waals surface area (Å²) in [7, 11) is 2.12. The molecule has 0 N–H and O–H groups in total.